The first-order valence-electron chi connectivity index (χ1n) is 51.4. The quantitative estimate of drug-likeness (QED) is 0.0810. The highest BCUT2D eigenvalue weighted by atomic mass is 14.7. The number of aromatic nitrogens is 4. The van der Waals surface area contributed by atoms with Crippen LogP contribution in [0.5, 0.6) is 0 Å². The third kappa shape index (κ3) is 24.6. The summed E-state index contributed by atoms with van der Waals surface area (Å²) in [5, 5.41) is 0. The smallest absolute Gasteiger partial charge is 0.0716 e. The molecule has 0 amide bonds. The van der Waals surface area contributed by atoms with Gasteiger partial charge < -0.3 is 0 Å². The molecule has 0 unspecified atom stereocenters. The standard InChI is InChI=1S/C44H35N.C39H33N.C37H29N.C25H21N/c1-30-10-4-13-33(22-30)36-16-7-19-39(25-36)42-28-43(40-20-8-17-37(26-40)34-14-5-11-31(2)23-34)45-44(29-42)41-21-9-18-38(27-41)35-15-6-12-32(3)24-35;1-26-10-8-14-31(16-26)33-18-28(3)20-36(22-33)38-24-35(30-12-6-5-7-13-30)25-39(40-38)37-21-29(4)19-34(23-37)32-15-9-11-27(2)17-32;1-26-10-6-14-29(20-26)31-16-8-18-33(22-31)36-24-35(28-12-4-3-5-13-28)25-37(38-36)34-19-9-17-32(23-34)30-15-7-11-27(2)21-30;1-18-8-6-12-21(14-18)23-16-24(20-10-4-3-5-11-20)26-25(17-23)22-13-7-9-19(2)15-22/h4-29H,1-3H3;5-25H,1-4H3;3-25H,1-2H3;3-17H,1-2H3. The fourth-order valence-corrected chi connectivity index (χ4v) is 19.7. The zero-order valence-corrected chi connectivity index (χ0v) is 86.4. The summed E-state index contributed by atoms with van der Waals surface area (Å²) in [7, 11) is 0. The number of pyridine rings is 4. The molecule has 23 rings (SSSR count). The molecule has 718 valence electrons. The molecule has 19 aromatic carbocycles. The maximum atomic E-state index is 5.30. The van der Waals surface area contributed by atoms with Gasteiger partial charge in [-0.25, -0.2) is 19.9 Å². The van der Waals surface area contributed by atoms with Crippen LogP contribution >= 0.6 is 0 Å². The lowest BCUT2D eigenvalue weighted by atomic mass is 9.94. The zero-order valence-electron chi connectivity index (χ0n) is 86.4. The van der Waals surface area contributed by atoms with Crippen molar-refractivity contribution < 1.29 is 0 Å². The van der Waals surface area contributed by atoms with Gasteiger partial charge in [-0.3, -0.25) is 0 Å². The van der Waals surface area contributed by atoms with Crippen LogP contribution in [0.15, 0.2) is 516 Å². The number of hydrogen-bond acceptors (Lipinski definition) is 4. The van der Waals surface area contributed by atoms with E-state index in [2.05, 4.69) is 586 Å². The Labute approximate surface area is 879 Å². The summed E-state index contributed by atoms with van der Waals surface area (Å²) in [6.07, 6.45) is 0. The molecule has 0 bridgehead atoms. The maximum Gasteiger partial charge on any atom is 0.0716 e. The van der Waals surface area contributed by atoms with E-state index in [0.717, 1.165) is 107 Å². The highest BCUT2D eigenvalue weighted by molar-refractivity contribution is 5.88. The van der Waals surface area contributed by atoms with E-state index in [0.29, 0.717) is 0 Å². The minimum absolute atomic E-state index is 0.957. The third-order valence-electron chi connectivity index (χ3n) is 27.3. The minimum Gasteiger partial charge on any atom is -0.248 e. The van der Waals surface area contributed by atoms with Gasteiger partial charge in [0.05, 0.1) is 45.6 Å². The van der Waals surface area contributed by atoms with E-state index in [1.807, 2.05) is 6.07 Å². The van der Waals surface area contributed by atoms with Gasteiger partial charge in [0, 0.05) is 44.5 Å². The van der Waals surface area contributed by atoms with Gasteiger partial charge in [0.15, 0.2) is 0 Å². The molecule has 0 spiro atoms. The lowest BCUT2D eigenvalue weighted by Gasteiger charge is -2.14. The van der Waals surface area contributed by atoms with Crippen LogP contribution in [0.25, 0.3) is 212 Å². The normalized spacial score (nSPS) is 10.9. The minimum atomic E-state index is 0.957. The van der Waals surface area contributed by atoms with Gasteiger partial charge in [-0.05, 0) is 319 Å². The van der Waals surface area contributed by atoms with Gasteiger partial charge in [-0.15, -0.1) is 0 Å². The Morgan fingerprint density at radius 3 is 0.430 bits per heavy atom. The molecule has 4 nitrogen and oxygen atoms in total. The van der Waals surface area contributed by atoms with Gasteiger partial charge in [-0.1, -0.05) is 457 Å². The number of benzene rings is 19. The molecule has 0 N–H and O–H groups in total. The molecule has 0 atom stereocenters. The summed E-state index contributed by atoms with van der Waals surface area (Å²) in [6, 6.07) is 184. The van der Waals surface area contributed by atoms with Crippen LogP contribution in [-0.2, 0) is 0 Å². The summed E-state index contributed by atoms with van der Waals surface area (Å²) in [5.41, 5.74) is 56.9. The molecule has 0 aliphatic heterocycles. The summed E-state index contributed by atoms with van der Waals surface area (Å²) in [6.45, 7) is 23.6. The Kier molecular flexibility index (Phi) is 29.9. The Balaban J connectivity index is 0.000000122. The van der Waals surface area contributed by atoms with E-state index in [9.17, 15) is 0 Å². The molecule has 4 aromatic heterocycles. The molecule has 0 aliphatic carbocycles. The van der Waals surface area contributed by atoms with Gasteiger partial charge in [-0.2, -0.15) is 0 Å². The van der Waals surface area contributed by atoms with Gasteiger partial charge in [0.25, 0.3) is 0 Å². The van der Waals surface area contributed by atoms with Crippen molar-refractivity contribution in [3.8, 4) is 212 Å². The van der Waals surface area contributed by atoms with E-state index in [-0.39, 0.29) is 0 Å². The second-order valence-corrected chi connectivity index (χ2v) is 39.5. The summed E-state index contributed by atoms with van der Waals surface area (Å²) >= 11 is 0. The van der Waals surface area contributed by atoms with Crippen LogP contribution in [0.1, 0.15) is 61.2 Å². The van der Waals surface area contributed by atoms with Crippen LogP contribution in [0.4, 0.5) is 0 Å². The van der Waals surface area contributed by atoms with Gasteiger partial charge >= 0.3 is 0 Å². The van der Waals surface area contributed by atoms with Gasteiger partial charge in [0.1, 0.15) is 0 Å². The lowest BCUT2D eigenvalue weighted by Crippen LogP contribution is -1.94. The van der Waals surface area contributed by atoms with E-state index in [1.165, 1.54) is 167 Å². The number of aryl methyl sites for hydroxylation is 11. The molecule has 4 heterocycles. The van der Waals surface area contributed by atoms with Crippen molar-refractivity contribution in [1.29, 1.82) is 0 Å². The second kappa shape index (κ2) is 45.4. The van der Waals surface area contributed by atoms with Crippen LogP contribution < -0.4 is 0 Å². The largest absolute Gasteiger partial charge is 0.248 e. The lowest BCUT2D eigenvalue weighted by molar-refractivity contribution is 1.31. The Morgan fingerprint density at radius 2 is 0.201 bits per heavy atom. The van der Waals surface area contributed by atoms with Crippen molar-refractivity contribution in [3.63, 3.8) is 0 Å². The number of hydrogen-bond donors (Lipinski definition) is 0. The van der Waals surface area contributed by atoms with E-state index >= 15 is 0 Å². The molecule has 0 fully saturated rings. The van der Waals surface area contributed by atoms with Crippen molar-refractivity contribution in [2.75, 3.05) is 0 Å². The second-order valence-electron chi connectivity index (χ2n) is 39.5. The fourth-order valence-electron chi connectivity index (χ4n) is 19.7. The average Bonchev–Trinajstić information content (AvgIpc) is 0.766. The average molecular weight is 1920 g/mol. The van der Waals surface area contributed by atoms with Crippen LogP contribution in [0.3, 0.4) is 0 Å². The van der Waals surface area contributed by atoms with Crippen molar-refractivity contribution in [3.05, 3.63) is 577 Å². The first kappa shape index (κ1) is 98.2. The van der Waals surface area contributed by atoms with Crippen molar-refractivity contribution >= 4 is 0 Å². The van der Waals surface area contributed by atoms with Crippen molar-refractivity contribution in [2.45, 2.75) is 76.2 Å². The Bertz CT molecular complexity index is 8220. The molecular formula is C145H118N4. The molecule has 0 saturated heterocycles. The molecular weight excluding hydrogens is 1800 g/mol. The SMILES string of the molecule is Cc1cccc(-c2cc(-c3ccccc3)nc(-c3cccc(C)c3)c2)c1.Cc1cccc(-c2cc(C)cc(-c3cc(-c4ccccc4)cc(-c4cc(C)cc(-c5cccc(C)c5)c4)n3)c2)c1.Cc1cccc(-c2cccc(-c3cc(-c4cccc(-c5cccc(C)c5)c4)nc(-c4cccc(-c5cccc(C)c5)c4)c3)c2)c1.Cc1cccc(-c2cccc(-c3cc(-c4ccccc4)cc(-c4cccc(-c5cccc(C)c5)c4)n3)c2)c1. The Morgan fingerprint density at radius 1 is 0.0805 bits per heavy atom. The Hall–Kier alpha value is -18.2. The molecule has 0 saturated carbocycles. The predicted molar refractivity (Wildman–Crippen MR) is 632 cm³/mol. The van der Waals surface area contributed by atoms with Crippen LogP contribution in [-0.4, -0.2) is 19.9 Å². The monoisotopic (exact) mass is 1910 g/mol. The summed E-state index contributed by atoms with van der Waals surface area (Å²) < 4.78 is 0. The molecule has 0 aliphatic rings. The van der Waals surface area contributed by atoms with Crippen molar-refractivity contribution in [1.82, 2.24) is 19.9 Å². The number of rotatable bonds is 19. The molecule has 4 heteroatoms. The van der Waals surface area contributed by atoms with E-state index < -0.39 is 0 Å². The third-order valence-corrected chi connectivity index (χ3v) is 27.3. The van der Waals surface area contributed by atoms with Crippen LogP contribution in [0.2, 0.25) is 0 Å². The van der Waals surface area contributed by atoms with Gasteiger partial charge in [0.2, 0.25) is 0 Å². The highest BCUT2D eigenvalue weighted by Gasteiger charge is 2.20. The molecule has 0 radical (unpaired) electrons. The number of nitrogens with zero attached hydrogens (tertiary/aromatic N) is 4. The predicted octanol–water partition coefficient (Wildman–Crippen LogP) is 39.4. The first-order chi connectivity index (χ1) is 72.7. The summed E-state index contributed by atoms with van der Waals surface area (Å²) in [5.74, 6) is 0. The fraction of sp³-hybridized carbons (Fsp3) is 0.0759. The summed E-state index contributed by atoms with van der Waals surface area (Å²) in [4.78, 5) is 20.7. The van der Waals surface area contributed by atoms with E-state index in [1.54, 1.807) is 0 Å². The first-order valence-corrected chi connectivity index (χ1v) is 51.4. The molecule has 149 heavy (non-hydrogen) atoms. The highest BCUT2D eigenvalue weighted by Crippen LogP contribution is 2.42. The zero-order chi connectivity index (χ0) is 102. The maximum absolute atomic E-state index is 5.30. The van der Waals surface area contributed by atoms with E-state index in [4.69, 9.17) is 19.9 Å². The van der Waals surface area contributed by atoms with Crippen molar-refractivity contribution in [2.24, 2.45) is 0 Å². The molecule has 23 aromatic rings. The topological polar surface area (TPSA) is 51.6 Å². The van der Waals surface area contributed by atoms with Crippen LogP contribution in [0, 0.1) is 76.2 Å².